The highest BCUT2D eigenvalue weighted by Gasteiger charge is 2.23. The molecular weight excluding hydrogens is 839 g/mol. The van der Waals surface area contributed by atoms with E-state index < -0.39 is 12.6 Å². The molecule has 2 unspecified atom stereocenters. The number of ether oxygens (including phenoxy) is 3. The van der Waals surface area contributed by atoms with Gasteiger partial charge in [0.25, 0.3) is 0 Å². The van der Waals surface area contributed by atoms with Gasteiger partial charge in [-0.2, -0.15) is 10.4 Å². The van der Waals surface area contributed by atoms with Gasteiger partial charge >= 0.3 is 0 Å². The highest BCUT2D eigenvalue weighted by atomic mass is 35.5. The van der Waals surface area contributed by atoms with Crippen molar-refractivity contribution in [2.75, 3.05) is 0 Å². The quantitative estimate of drug-likeness (QED) is 0.0473. The van der Waals surface area contributed by atoms with Crippen LogP contribution in [0.3, 0.4) is 0 Å². The van der Waals surface area contributed by atoms with Crippen LogP contribution < -0.4 is 0 Å². The Bertz CT molecular complexity index is 2450. The molecule has 0 amide bonds. The molecular formula is C46H48Cl2N12O3. The second kappa shape index (κ2) is 21.3. The summed E-state index contributed by atoms with van der Waals surface area (Å²) in [7, 11) is 0. The number of benzene rings is 4. The van der Waals surface area contributed by atoms with Crippen LogP contribution in [0.5, 0.6) is 0 Å². The maximum absolute atomic E-state index is 6.84. The molecule has 0 fully saturated rings. The molecule has 8 aromatic rings. The minimum Gasteiger partial charge on any atom is -0.346 e. The molecule has 63 heavy (non-hydrogen) atoms. The van der Waals surface area contributed by atoms with Gasteiger partial charge in [0.15, 0.2) is 22.9 Å². The summed E-state index contributed by atoms with van der Waals surface area (Å²) in [5.74, 6) is 2.70. The van der Waals surface area contributed by atoms with Crippen molar-refractivity contribution in [1.82, 2.24) is 61.2 Å². The van der Waals surface area contributed by atoms with Crippen LogP contribution in [0.4, 0.5) is 0 Å². The number of imidazole rings is 2. The Kier molecular flexibility index (Phi) is 14.7. The number of nitrogens with zero attached hydrogens (tertiary/aromatic N) is 8. The van der Waals surface area contributed by atoms with Crippen LogP contribution in [0.25, 0.3) is 45.0 Å². The van der Waals surface area contributed by atoms with Crippen molar-refractivity contribution < 1.29 is 14.2 Å². The Morgan fingerprint density at radius 1 is 0.540 bits per heavy atom. The minimum atomic E-state index is -0.760. The van der Waals surface area contributed by atoms with E-state index in [1.54, 1.807) is 0 Å². The highest BCUT2D eigenvalue weighted by Crippen LogP contribution is 2.32. The van der Waals surface area contributed by atoms with E-state index in [2.05, 4.69) is 124 Å². The normalized spacial score (nSPS) is 12.5. The summed E-state index contributed by atoms with van der Waals surface area (Å²) in [6.45, 7) is 4.58. The maximum Gasteiger partial charge on any atom is 0.205 e. The Labute approximate surface area is 374 Å². The van der Waals surface area contributed by atoms with Gasteiger partial charge in [-0.05, 0) is 56.6 Å². The van der Waals surface area contributed by atoms with Crippen LogP contribution in [0, 0.1) is 0 Å². The maximum atomic E-state index is 6.84. The molecule has 4 N–H and O–H groups in total. The number of aryl methyl sites for hydroxylation is 2. The second-order valence-electron chi connectivity index (χ2n) is 15.1. The van der Waals surface area contributed by atoms with Crippen LogP contribution in [0.2, 0.25) is 10.3 Å². The van der Waals surface area contributed by atoms with Gasteiger partial charge in [-0.1, -0.05) is 147 Å². The fraction of sp³-hybridized carbons (Fsp3) is 0.304. The van der Waals surface area contributed by atoms with E-state index >= 15 is 0 Å². The summed E-state index contributed by atoms with van der Waals surface area (Å²) in [5, 5.41) is 30.2. The molecule has 0 aliphatic rings. The van der Waals surface area contributed by atoms with Crippen molar-refractivity contribution in [3.63, 3.8) is 0 Å². The van der Waals surface area contributed by atoms with E-state index in [1.807, 2.05) is 48.5 Å². The zero-order chi connectivity index (χ0) is 43.4. The van der Waals surface area contributed by atoms with Crippen molar-refractivity contribution in [2.24, 2.45) is 0 Å². The lowest BCUT2D eigenvalue weighted by atomic mass is 9.97. The lowest BCUT2D eigenvalue weighted by Crippen LogP contribution is -2.30. The average molecular weight is 888 g/mol. The monoisotopic (exact) mass is 886 g/mol. The van der Waals surface area contributed by atoms with E-state index in [4.69, 9.17) is 37.4 Å². The standard InChI is InChI=1S/C46H48Cl2N12O3/c1-3-5-15-39-49-37(43(47)51-39)27-61-41(25-29-17-21-31(22-18-29)33-11-7-9-13-35(33)45-53-57-58-54-45)63-42(62-28-38-44(48)52-40(50-38)16-6-4-2)26-30-19-23-32(24-20-30)34-12-8-10-14-36(34)46-55-59-60-56-46/h7-14,17-24,41-42H,3-6,15-16,25-28H2,1-2H3,(H,49,51)(H,50,52)(H,53,54,57,58)(H,55,56,59,60). The first-order chi connectivity index (χ1) is 30.9. The number of aromatic amines is 4. The van der Waals surface area contributed by atoms with Gasteiger partial charge in [0.2, 0.25) is 11.6 Å². The second-order valence-corrected chi connectivity index (χ2v) is 15.8. The van der Waals surface area contributed by atoms with Crippen LogP contribution in [0.1, 0.15) is 73.7 Å². The fourth-order valence-electron chi connectivity index (χ4n) is 7.25. The topological polar surface area (TPSA) is 194 Å². The first kappa shape index (κ1) is 43.5. The molecule has 0 saturated carbocycles. The van der Waals surface area contributed by atoms with Gasteiger partial charge < -0.3 is 24.2 Å². The number of hydrogen-bond acceptors (Lipinski definition) is 11. The zero-order valence-electron chi connectivity index (χ0n) is 35.0. The molecule has 324 valence electrons. The van der Waals surface area contributed by atoms with Crippen LogP contribution >= 0.6 is 23.2 Å². The zero-order valence-corrected chi connectivity index (χ0v) is 36.5. The number of aromatic nitrogens is 12. The number of rotatable bonds is 22. The van der Waals surface area contributed by atoms with Crippen molar-refractivity contribution in [1.29, 1.82) is 0 Å². The summed E-state index contributed by atoms with van der Waals surface area (Å²) < 4.78 is 20.0. The fourth-order valence-corrected chi connectivity index (χ4v) is 7.66. The largest absolute Gasteiger partial charge is 0.346 e. The molecule has 4 heterocycles. The number of unbranched alkanes of at least 4 members (excludes halogenated alkanes) is 2. The summed E-state index contributed by atoms with van der Waals surface area (Å²) in [4.78, 5) is 15.8. The van der Waals surface area contributed by atoms with Gasteiger partial charge in [-0.15, -0.1) is 20.4 Å². The predicted octanol–water partition coefficient (Wildman–Crippen LogP) is 9.71. The number of hydrogen-bond donors (Lipinski definition) is 4. The third-order valence-electron chi connectivity index (χ3n) is 10.6. The number of tetrazole rings is 2. The Morgan fingerprint density at radius 2 is 0.952 bits per heavy atom. The van der Waals surface area contributed by atoms with E-state index in [9.17, 15) is 0 Å². The van der Waals surface area contributed by atoms with Gasteiger partial charge in [0, 0.05) is 36.8 Å². The third kappa shape index (κ3) is 11.3. The first-order valence-electron chi connectivity index (χ1n) is 21.1. The molecule has 4 aromatic heterocycles. The molecule has 15 nitrogen and oxygen atoms in total. The van der Waals surface area contributed by atoms with Gasteiger partial charge in [0.05, 0.1) is 24.6 Å². The molecule has 8 rings (SSSR count). The smallest absolute Gasteiger partial charge is 0.205 e. The summed E-state index contributed by atoms with van der Waals surface area (Å²) in [6, 6.07) is 32.5. The van der Waals surface area contributed by atoms with E-state index in [0.29, 0.717) is 46.2 Å². The molecule has 0 aliphatic heterocycles. The minimum absolute atomic E-state index is 0.146. The average Bonchev–Trinajstić information content (AvgIpc) is 4.16. The number of nitrogens with one attached hydrogen (secondary N) is 4. The summed E-state index contributed by atoms with van der Waals surface area (Å²) >= 11 is 13.3. The van der Waals surface area contributed by atoms with Crippen molar-refractivity contribution in [2.45, 2.75) is 91.0 Å². The molecule has 0 bridgehead atoms. The lowest BCUT2D eigenvalue weighted by molar-refractivity contribution is -0.251. The van der Waals surface area contributed by atoms with E-state index in [1.165, 1.54) is 0 Å². The molecule has 0 spiro atoms. The highest BCUT2D eigenvalue weighted by molar-refractivity contribution is 6.30. The van der Waals surface area contributed by atoms with Gasteiger partial charge in [-0.25, -0.2) is 9.97 Å². The number of H-pyrrole nitrogens is 4. The predicted molar refractivity (Wildman–Crippen MR) is 240 cm³/mol. The third-order valence-corrected chi connectivity index (χ3v) is 11.2. The van der Waals surface area contributed by atoms with Crippen molar-refractivity contribution in [3.8, 4) is 45.0 Å². The Morgan fingerprint density at radius 3 is 1.33 bits per heavy atom. The molecule has 0 saturated heterocycles. The lowest BCUT2D eigenvalue weighted by Gasteiger charge is -2.26. The molecule has 2 atom stereocenters. The van der Waals surface area contributed by atoms with Crippen LogP contribution in [0.15, 0.2) is 97.1 Å². The van der Waals surface area contributed by atoms with Gasteiger partial charge in [-0.3, -0.25) is 0 Å². The van der Waals surface area contributed by atoms with Crippen LogP contribution in [-0.4, -0.2) is 73.8 Å². The molecule has 17 heteroatoms. The Balaban J connectivity index is 1.06. The number of halogens is 2. The molecule has 4 aromatic carbocycles. The first-order valence-corrected chi connectivity index (χ1v) is 21.9. The SMILES string of the molecule is CCCCc1nc(Cl)c(COC(Cc2ccc(-c3ccccc3-c3nn[nH]n3)cc2)OC(Cc2ccc(-c3ccccc3-c3nn[nH]n3)cc2)OCc2[nH]c(CCCC)nc2Cl)[nH]1. The van der Waals surface area contributed by atoms with E-state index in [0.717, 1.165) is 94.7 Å². The van der Waals surface area contributed by atoms with Crippen LogP contribution in [-0.2, 0) is 53.1 Å². The summed E-state index contributed by atoms with van der Waals surface area (Å²) in [6.07, 6.45) is 4.96. The molecule has 0 radical (unpaired) electrons. The van der Waals surface area contributed by atoms with E-state index in [-0.39, 0.29) is 13.2 Å². The van der Waals surface area contributed by atoms with Gasteiger partial charge in [0.1, 0.15) is 11.6 Å². The van der Waals surface area contributed by atoms with Crippen molar-refractivity contribution in [3.05, 3.63) is 142 Å². The van der Waals surface area contributed by atoms with Crippen molar-refractivity contribution >= 4 is 23.2 Å². The summed E-state index contributed by atoms with van der Waals surface area (Å²) in [5.41, 5.74) is 9.05. The molecule has 0 aliphatic carbocycles. The Hall–Kier alpha value is -6.10.